The predicted molar refractivity (Wildman–Crippen MR) is 89.6 cm³/mol. The van der Waals surface area contributed by atoms with Crippen LogP contribution in [0.2, 0.25) is 5.02 Å². The first-order valence-corrected chi connectivity index (χ1v) is 8.01. The van der Waals surface area contributed by atoms with E-state index in [9.17, 15) is 4.79 Å². The van der Waals surface area contributed by atoms with Gasteiger partial charge in [-0.3, -0.25) is 9.69 Å². The Kier molecular flexibility index (Phi) is 6.49. The number of halogens is 1. The second kappa shape index (κ2) is 8.36. The third kappa shape index (κ3) is 4.60. The standard InChI is InChI=1S/C16H24ClN3O2/c1-13(16(21)18-7-12-22-2)19-8-10-20(11-9-19)15-5-3-14(17)4-6-15/h3-6,13H,7-12H2,1-2H3,(H,18,21). The molecule has 0 radical (unpaired) electrons. The normalized spacial score (nSPS) is 17.3. The van der Waals surface area contributed by atoms with Crippen LogP contribution in [-0.4, -0.2) is 63.3 Å². The molecular weight excluding hydrogens is 302 g/mol. The van der Waals surface area contributed by atoms with Crippen molar-refractivity contribution in [3.8, 4) is 0 Å². The van der Waals surface area contributed by atoms with Crippen LogP contribution < -0.4 is 10.2 Å². The van der Waals surface area contributed by atoms with Crippen molar-refractivity contribution in [2.45, 2.75) is 13.0 Å². The van der Waals surface area contributed by atoms with Crippen molar-refractivity contribution in [3.05, 3.63) is 29.3 Å². The summed E-state index contributed by atoms with van der Waals surface area (Å²) < 4.78 is 4.94. The van der Waals surface area contributed by atoms with E-state index >= 15 is 0 Å². The maximum absolute atomic E-state index is 12.1. The first-order valence-electron chi connectivity index (χ1n) is 7.63. The number of carbonyl (C=O) groups excluding carboxylic acids is 1. The van der Waals surface area contributed by atoms with Crippen molar-refractivity contribution in [2.24, 2.45) is 0 Å². The topological polar surface area (TPSA) is 44.8 Å². The number of anilines is 1. The van der Waals surface area contributed by atoms with Crippen LogP contribution in [0.15, 0.2) is 24.3 Å². The molecule has 0 aliphatic carbocycles. The van der Waals surface area contributed by atoms with Gasteiger partial charge in [0.25, 0.3) is 0 Å². The SMILES string of the molecule is COCCNC(=O)C(C)N1CCN(c2ccc(Cl)cc2)CC1. The van der Waals surface area contributed by atoms with E-state index in [4.69, 9.17) is 16.3 Å². The fraction of sp³-hybridized carbons (Fsp3) is 0.562. The Bertz CT molecular complexity index is 473. The van der Waals surface area contributed by atoms with Gasteiger partial charge in [0.05, 0.1) is 12.6 Å². The number of rotatable bonds is 6. The molecule has 0 saturated carbocycles. The van der Waals surface area contributed by atoms with Crippen molar-refractivity contribution >= 4 is 23.2 Å². The summed E-state index contributed by atoms with van der Waals surface area (Å²) in [6, 6.07) is 7.80. The maximum Gasteiger partial charge on any atom is 0.237 e. The van der Waals surface area contributed by atoms with E-state index in [1.807, 2.05) is 31.2 Å². The molecule has 2 rings (SSSR count). The Balaban J connectivity index is 1.81. The molecular formula is C16H24ClN3O2. The van der Waals surface area contributed by atoms with Crippen LogP contribution in [-0.2, 0) is 9.53 Å². The quantitative estimate of drug-likeness (QED) is 0.807. The summed E-state index contributed by atoms with van der Waals surface area (Å²) in [5, 5.41) is 3.65. The van der Waals surface area contributed by atoms with Crippen LogP contribution >= 0.6 is 11.6 Å². The number of hydrogen-bond donors (Lipinski definition) is 1. The number of benzene rings is 1. The van der Waals surface area contributed by atoms with Gasteiger partial charge in [-0.1, -0.05) is 11.6 Å². The molecule has 1 saturated heterocycles. The number of nitrogens with one attached hydrogen (secondary N) is 1. The van der Waals surface area contributed by atoms with E-state index in [1.165, 1.54) is 5.69 Å². The summed E-state index contributed by atoms with van der Waals surface area (Å²) >= 11 is 5.92. The fourth-order valence-electron chi connectivity index (χ4n) is 2.61. The number of nitrogens with zero attached hydrogens (tertiary/aromatic N) is 2. The first kappa shape index (κ1) is 17.1. The molecule has 1 aliphatic rings. The molecule has 0 bridgehead atoms. The van der Waals surface area contributed by atoms with Crippen LogP contribution in [0.25, 0.3) is 0 Å². The summed E-state index contributed by atoms with van der Waals surface area (Å²) in [7, 11) is 1.63. The minimum Gasteiger partial charge on any atom is -0.383 e. The molecule has 5 nitrogen and oxygen atoms in total. The highest BCUT2D eigenvalue weighted by Gasteiger charge is 2.25. The lowest BCUT2D eigenvalue weighted by atomic mass is 10.2. The first-order chi connectivity index (χ1) is 10.6. The van der Waals surface area contributed by atoms with E-state index < -0.39 is 0 Å². The molecule has 1 aromatic rings. The van der Waals surface area contributed by atoms with Gasteiger partial charge in [0.2, 0.25) is 5.91 Å². The molecule has 1 atom stereocenters. The molecule has 1 aromatic carbocycles. The maximum atomic E-state index is 12.1. The van der Waals surface area contributed by atoms with Gasteiger partial charge in [0, 0.05) is 50.5 Å². The van der Waals surface area contributed by atoms with E-state index in [0.29, 0.717) is 13.2 Å². The molecule has 0 spiro atoms. The van der Waals surface area contributed by atoms with Gasteiger partial charge in [-0.15, -0.1) is 0 Å². The molecule has 6 heteroatoms. The van der Waals surface area contributed by atoms with Gasteiger partial charge in [0.1, 0.15) is 0 Å². The van der Waals surface area contributed by atoms with Crippen LogP contribution in [0, 0.1) is 0 Å². The smallest absolute Gasteiger partial charge is 0.237 e. The summed E-state index contributed by atoms with van der Waals surface area (Å²) in [6.45, 7) is 6.64. The van der Waals surface area contributed by atoms with Gasteiger partial charge < -0.3 is 15.0 Å². The van der Waals surface area contributed by atoms with Crippen molar-refractivity contribution in [3.63, 3.8) is 0 Å². The number of methoxy groups -OCH3 is 1. The Hall–Kier alpha value is -1.30. The van der Waals surface area contributed by atoms with Gasteiger partial charge >= 0.3 is 0 Å². The van der Waals surface area contributed by atoms with Gasteiger partial charge in [-0.05, 0) is 31.2 Å². The zero-order valence-electron chi connectivity index (χ0n) is 13.2. The Morgan fingerprint density at radius 1 is 1.27 bits per heavy atom. The lowest BCUT2D eigenvalue weighted by Gasteiger charge is -2.38. The largest absolute Gasteiger partial charge is 0.383 e. The van der Waals surface area contributed by atoms with Crippen LogP contribution in [0.1, 0.15) is 6.92 Å². The van der Waals surface area contributed by atoms with Crippen molar-refractivity contribution in [1.82, 2.24) is 10.2 Å². The van der Waals surface area contributed by atoms with Crippen molar-refractivity contribution in [1.29, 1.82) is 0 Å². The molecule has 1 N–H and O–H groups in total. The molecule has 1 amide bonds. The Morgan fingerprint density at radius 2 is 1.91 bits per heavy atom. The highest BCUT2D eigenvalue weighted by Crippen LogP contribution is 2.20. The van der Waals surface area contributed by atoms with Crippen molar-refractivity contribution < 1.29 is 9.53 Å². The molecule has 122 valence electrons. The highest BCUT2D eigenvalue weighted by atomic mass is 35.5. The second-order valence-electron chi connectivity index (χ2n) is 5.46. The molecule has 1 aliphatic heterocycles. The van der Waals surface area contributed by atoms with Crippen molar-refractivity contribution in [2.75, 3.05) is 51.3 Å². The molecule has 1 heterocycles. The highest BCUT2D eigenvalue weighted by molar-refractivity contribution is 6.30. The van der Waals surface area contributed by atoms with E-state index in [2.05, 4.69) is 15.1 Å². The Labute approximate surface area is 137 Å². The minimum atomic E-state index is -0.107. The van der Waals surface area contributed by atoms with Crippen LogP contribution in [0.3, 0.4) is 0 Å². The number of ether oxygens (including phenoxy) is 1. The predicted octanol–water partition coefficient (Wildman–Crippen LogP) is 1.61. The van der Waals surface area contributed by atoms with Crippen LogP contribution in [0.4, 0.5) is 5.69 Å². The summed E-state index contributed by atoms with van der Waals surface area (Å²) in [5.74, 6) is 0.0667. The monoisotopic (exact) mass is 325 g/mol. The van der Waals surface area contributed by atoms with E-state index in [0.717, 1.165) is 31.2 Å². The van der Waals surface area contributed by atoms with Gasteiger partial charge in [-0.2, -0.15) is 0 Å². The number of carbonyl (C=O) groups is 1. The lowest BCUT2D eigenvalue weighted by Crippen LogP contribution is -2.54. The molecule has 1 fully saturated rings. The molecule has 0 aromatic heterocycles. The fourth-order valence-corrected chi connectivity index (χ4v) is 2.74. The third-order valence-corrected chi connectivity index (χ3v) is 4.29. The van der Waals surface area contributed by atoms with E-state index in [-0.39, 0.29) is 11.9 Å². The number of piperazine rings is 1. The molecule has 1 unspecified atom stereocenters. The summed E-state index contributed by atoms with van der Waals surface area (Å²) in [6.07, 6.45) is 0. The third-order valence-electron chi connectivity index (χ3n) is 4.04. The average molecular weight is 326 g/mol. The number of amides is 1. The lowest BCUT2D eigenvalue weighted by molar-refractivity contribution is -0.126. The van der Waals surface area contributed by atoms with Gasteiger partial charge in [0.15, 0.2) is 0 Å². The van der Waals surface area contributed by atoms with Gasteiger partial charge in [-0.25, -0.2) is 0 Å². The minimum absolute atomic E-state index is 0.0667. The average Bonchev–Trinajstić information content (AvgIpc) is 2.55. The zero-order chi connectivity index (χ0) is 15.9. The molecule has 22 heavy (non-hydrogen) atoms. The number of hydrogen-bond acceptors (Lipinski definition) is 4. The van der Waals surface area contributed by atoms with E-state index in [1.54, 1.807) is 7.11 Å². The van der Waals surface area contributed by atoms with Crippen LogP contribution in [0.5, 0.6) is 0 Å². The summed E-state index contributed by atoms with van der Waals surface area (Å²) in [5.41, 5.74) is 1.18. The summed E-state index contributed by atoms with van der Waals surface area (Å²) in [4.78, 5) is 16.6. The Morgan fingerprint density at radius 3 is 2.50 bits per heavy atom. The second-order valence-corrected chi connectivity index (χ2v) is 5.90. The zero-order valence-corrected chi connectivity index (χ0v) is 14.0.